The van der Waals surface area contributed by atoms with Gasteiger partial charge in [0.05, 0.1) is 6.42 Å². The molecule has 0 aliphatic rings. The van der Waals surface area contributed by atoms with Gasteiger partial charge < -0.3 is 10.6 Å². The molecule has 0 fully saturated rings. The van der Waals surface area contributed by atoms with Crippen molar-refractivity contribution in [2.45, 2.75) is 39.8 Å². The summed E-state index contributed by atoms with van der Waals surface area (Å²) in [7, 11) is 0. The second-order valence-electron chi connectivity index (χ2n) is 4.47. The van der Waals surface area contributed by atoms with Crippen molar-refractivity contribution in [3.05, 3.63) is 35.4 Å². The van der Waals surface area contributed by atoms with Crippen molar-refractivity contribution in [1.82, 2.24) is 4.90 Å². The number of benzene rings is 1. The maximum absolute atomic E-state index is 12.0. The molecule has 0 heterocycles. The van der Waals surface area contributed by atoms with E-state index in [0.717, 1.165) is 17.7 Å². The van der Waals surface area contributed by atoms with Crippen molar-refractivity contribution in [2.75, 3.05) is 6.54 Å². The highest BCUT2D eigenvalue weighted by atomic mass is 16.2. The first kappa shape index (κ1) is 13.7. The van der Waals surface area contributed by atoms with Gasteiger partial charge >= 0.3 is 0 Å². The lowest BCUT2D eigenvalue weighted by molar-refractivity contribution is -0.131. The molecule has 0 radical (unpaired) electrons. The van der Waals surface area contributed by atoms with E-state index < -0.39 is 0 Å². The zero-order valence-corrected chi connectivity index (χ0v) is 10.9. The van der Waals surface area contributed by atoms with Gasteiger partial charge in [0.25, 0.3) is 0 Å². The Morgan fingerprint density at radius 2 is 1.76 bits per heavy atom. The van der Waals surface area contributed by atoms with Crippen LogP contribution in [0.4, 0.5) is 0 Å². The van der Waals surface area contributed by atoms with Gasteiger partial charge in [0, 0.05) is 19.1 Å². The van der Waals surface area contributed by atoms with E-state index in [1.807, 2.05) is 49.9 Å². The number of carbonyl (C=O) groups excluding carboxylic acids is 1. The Kier molecular flexibility index (Phi) is 5.16. The second-order valence-corrected chi connectivity index (χ2v) is 4.47. The maximum atomic E-state index is 12.0. The Morgan fingerprint density at radius 1 is 1.24 bits per heavy atom. The van der Waals surface area contributed by atoms with Crippen LogP contribution in [-0.4, -0.2) is 23.4 Å². The van der Waals surface area contributed by atoms with Gasteiger partial charge in [0.1, 0.15) is 0 Å². The molecule has 0 spiro atoms. The van der Waals surface area contributed by atoms with E-state index in [4.69, 9.17) is 5.73 Å². The third kappa shape index (κ3) is 3.86. The predicted molar refractivity (Wildman–Crippen MR) is 70.6 cm³/mol. The number of nitrogens with zero attached hydrogens (tertiary/aromatic N) is 1. The smallest absolute Gasteiger partial charge is 0.227 e. The highest BCUT2D eigenvalue weighted by Crippen LogP contribution is 2.08. The summed E-state index contributed by atoms with van der Waals surface area (Å²) < 4.78 is 0. The fourth-order valence-corrected chi connectivity index (χ4v) is 1.90. The van der Waals surface area contributed by atoms with Crippen molar-refractivity contribution >= 4 is 5.91 Å². The second kappa shape index (κ2) is 6.40. The SMILES string of the molecule is CCN(C(=O)Cc1ccc(CN)cc1)C(C)C. The van der Waals surface area contributed by atoms with Crippen LogP contribution in [0, 0.1) is 0 Å². The van der Waals surface area contributed by atoms with Crippen molar-refractivity contribution in [3.63, 3.8) is 0 Å². The molecule has 0 atom stereocenters. The molecule has 1 amide bonds. The Bertz CT molecular complexity index is 357. The molecule has 0 saturated carbocycles. The summed E-state index contributed by atoms with van der Waals surface area (Å²) >= 11 is 0. The average Bonchev–Trinajstić information content (AvgIpc) is 2.30. The molecular formula is C14H22N2O. The summed E-state index contributed by atoms with van der Waals surface area (Å²) in [5.41, 5.74) is 7.68. The van der Waals surface area contributed by atoms with Crippen LogP contribution < -0.4 is 5.73 Å². The van der Waals surface area contributed by atoms with Crippen LogP contribution in [0.3, 0.4) is 0 Å². The van der Waals surface area contributed by atoms with Crippen LogP contribution in [0.1, 0.15) is 31.9 Å². The molecule has 0 saturated heterocycles. The van der Waals surface area contributed by atoms with Crippen molar-refractivity contribution in [3.8, 4) is 0 Å². The number of hydrogen-bond acceptors (Lipinski definition) is 2. The summed E-state index contributed by atoms with van der Waals surface area (Å²) in [5.74, 6) is 0.183. The van der Waals surface area contributed by atoms with Crippen molar-refractivity contribution < 1.29 is 4.79 Å². The molecule has 17 heavy (non-hydrogen) atoms. The summed E-state index contributed by atoms with van der Waals surface area (Å²) in [6.07, 6.45) is 0.469. The van der Waals surface area contributed by atoms with Crippen LogP contribution in [0.5, 0.6) is 0 Å². The molecule has 0 unspecified atom stereocenters. The van der Waals surface area contributed by atoms with Crippen LogP contribution in [0.25, 0.3) is 0 Å². The predicted octanol–water partition coefficient (Wildman–Crippen LogP) is 1.94. The highest BCUT2D eigenvalue weighted by Gasteiger charge is 2.14. The topological polar surface area (TPSA) is 46.3 Å². The standard InChI is InChI=1S/C14H22N2O/c1-4-16(11(2)3)14(17)9-12-5-7-13(10-15)8-6-12/h5-8,11H,4,9-10,15H2,1-3H3. The molecule has 1 aromatic rings. The quantitative estimate of drug-likeness (QED) is 0.846. The first-order valence-electron chi connectivity index (χ1n) is 6.15. The van der Waals surface area contributed by atoms with E-state index in [-0.39, 0.29) is 11.9 Å². The molecule has 0 bridgehead atoms. The molecule has 94 valence electrons. The van der Waals surface area contributed by atoms with Crippen molar-refractivity contribution in [2.24, 2.45) is 5.73 Å². The molecule has 0 aliphatic carbocycles. The van der Waals surface area contributed by atoms with E-state index >= 15 is 0 Å². The minimum absolute atomic E-state index is 0.183. The third-order valence-electron chi connectivity index (χ3n) is 2.90. The van der Waals surface area contributed by atoms with Crippen molar-refractivity contribution in [1.29, 1.82) is 0 Å². The molecule has 2 N–H and O–H groups in total. The van der Waals surface area contributed by atoms with Gasteiger partial charge in [0.2, 0.25) is 5.91 Å². The maximum Gasteiger partial charge on any atom is 0.227 e. The first-order valence-corrected chi connectivity index (χ1v) is 6.15. The lowest BCUT2D eigenvalue weighted by Gasteiger charge is -2.25. The van der Waals surface area contributed by atoms with E-state index in [9.17, 15) is 4.79 Å². The molecule has 3 nitrogen and oxygen atoms in total. The van der Waals surface area contributed by atoms with Gasteiger partial charge in [-0.25, -0.2) is 0 Å². The number of likely N-dealkylation sites (N-methyl/N-ethyl adjacent to an activating group) is 1. The molecule has 0 aliphatic heterocycles. The monoisotopic (exact) mass is 234 g/mol. The van der Waals surface area contributed by atoms with Crippen LogP contribution >= 0.6 is 0 Å². The van der Waals surface area contributed by atoms with E-state index in [2.05, 4.69) is 0 Å². The van der Waals surface area contributed by atoms with Crippen LogP contribution in [-0.2, 0) is 17.8 Å². The summed E-state index contributed by atoms with van der Waals surface area (Å²) in [6.45, 7) is 7.39. The van der Waals surface area contributed by atoms with E-state index in [0.29, 0.717) is 13.0 Å². The van der Waals surface area contributed by atoms with Gasteiger partial charge in [-0.1, -0.05) is 24.3 Å². The third-order valence-corrected chi connectivity index (χ3v) is 2.90. The average molecular weight is 234 g/mol. The Morgan fingerprint density at radius 3 is 2.18 bits per heavy atom. The molecular weight excluding hydrogens is 212 g/mol. The van der Waals surface area contributed by atoms with Crippen LogP contribution in [0.15, 0.2) is 24.3 Å². The molecule has 1 rings (SSSR count). The molecule has 1 aromatic carbocycles. The number of nitrogens with two attached hydrogens (primary N) is 1. The van der Waals surface area contributed by atoms with Gasteiger partial charge in [-0.15, -0.1) is 0 Å². The van der Waals surface area contributed by atoms with Gasteiger partial charge in [0.15, 0.2) is 0 Å². The lowest BCUT2D eigenvalue weighted by atomic mass is 10.1. The number of hydrogen-bond donors (Lipinski definition) is 1. The fraction of sp³-hybridized carbons (Fsp3) is 0.500. The van der Waals surface area contributed by atoms with Gasteiger partial charge in [-0.2, -0.15) is 0 Å². The normalized spacial score (nSPS) is 10.6. The zero-order chi connectivity index (χ0) is 12.8. The molecule has 3 heteroatoms. The number of carbonyl (C=O) groups is 1. The summed E-state index contributed by atoms with van der Waals surface area (Å²) in [5, 5.41) is 0. The zero-order valence-electron chi connectivity index (χ0n) is 10.9. The minimum atomic E-state index is 0.183. The Balaban J connectivity index is 2.66. The van der Waals surface area contributed by atoms with E-state index in [1.54, 1.807) is 0 Å². The first-order chi connectivity index (χ1) is 8.08. The number of rotatable bonds is 5. The Labute approximate surface area is 104 Å². The Hall–Kier alpha value is -1.35. The summed E-state index contributed by atoms with van der Waals surface area (Å²) in [4.78, 5) is 13.9. The van der Waals surface area contributed by atoms with Crippen LogP contribution in [0.2, 0.25) is 0 Å². The highest BCUT2D eigenvalue weighted by molar-refractivity contribution is 5.79. The molecule has 0 aromatic heterocycles. The lowest BCUT2D eigenvalue weighted by Crippen LogP contribution is -2.37. The fourth-order valence-electron chi connectivity index (χ4n) is 1.90. The summed E-state index contributed by atoms with van der Waals surface area (Å²) in [6, 6.07) is 8.18. The van der Waals surface area contributed by atoms with Gasteiger partial charge in [-0.05, 0) is 31.9 Å². The van der Waals surface area contributed by atoms with Gasteiger partial charge in [-0.3, -0.25) is 4.79 Å². The van der Waals surface area contributed by atoms with E-state index in [1.165, 1.54) is 0 Å². The number of amides is 1. The largest absolute Gasteiger partial charge is 0.340 e. The minimum Gasteiger partial charge on any atom is -0.340 e.